The summed E-state index contributed by atoms with van der Waals surface area (Å²) >= 11 is 0. The van der Waals surface area contributed by atoms with Gasteiger partial charge in [-0.25, -0.2) is 0 Å². The van der Waals surface area contributed by atoms with Crippen LogP contribution in [0.25, 0.3) is 0 Å². The van der Waals surface area contributed by atoms with Crippen LogP contribution in [0.3, 0.4) is 0 Å². The van der Waals surface area contributed by atoms with Crippen LogP contribution < -0.4 is 0 Å². The number of rotatable bonds is 4. The van der Waals surface area contributed by atoms with Crippen molar-refractivity contribution in [1.82, 2.24) is 0 Å². The Kier molecular flexibility index (Phi) is 3.77. The van der Waals surface area contributed by atoms with Crippen LogP contribution in [-0.2, 0) is 9.47 Å². The van der Waals surface area contributed by atoms with E-state index in [9.17, 15) is 0 Å². The van der Waals surface area contributed by atoms with Gasteiger partial charge in [0, 0.05) is 14.2 Å². The highest BCUT2D eigenvalue weighted by Crippen LogP contribution is 2.10. The summed E-state index contributed by atoms with van der Waals surface area (Å²) in [6, 6.07) is 0. The van der Waals surface area contributed by atoms with Crippen LogP contribution in [0, 0.1) is 0 Å². The molecule has 0 saturated carbocycles. The van der Waals surface area contributed by atoms with Crippen molar-refractivity contribution in [3.05, 3.63) is 0 Å². The van der Waals surface area contributed by atoms with E-state index in [2.05, 4.69) is 9.47 Å². The third-order valence-electron chi connectivity index (χ3n) is 1.19. The highest BCUT2D eigenvalue weighted by molar-refractivity contribution is 4.67. The predicted molar refractivity (Wildman–Crippen MR) is 32.1 cm³/mol. The van der Waals surface area contributed by atoms with E-state index < -0.39 is 18.7 Å². The molecule has 62 valence electrons. The molecule has 0 amide bonds. The van der Waals surface area contributed by atoms with Crippen molar-refractivity contribution in [2.24, 2.45) is 0 Å². The van der Waals surface area contributed by atoms with Crippen molar-refractivity contribution in [1.29, 1.82) is 0 Å². The van der Waals surface area contributed by atoms with Crippen molar-refractivity contribution in [2.75, 3.05) is 20.8 Å². The number of aliphatic hydroxyl groups excluding tert-OH is 2. The van der Waals surface area contributed by atoms with Crippen LogP contribution in [-0.4, -0.2) is 48.2 Å². The minimum absolute atomic E-state index is 0.724. The van der Waals surface area contributed by atoms with Gasteiger partial charge >= 0.3 is 0 Å². The van der Waals surface area contributed by atoms with Gasteiger partial charge in [-0.3, -0.25) is 0 Å². The lowest BCUT2D eigenvalue weighted by Crippen LogP contribution is -2.48. The molecule has 5 heteroatoms. The molecule has 5 nitrogen and oxygen atoms in total. The van der Waals surface area contributed by atoms with Gasteiger partial charge in [-0.2, -0.15) is 0 Å². The van der Waals surface area contributed by atoms with Gasteiger partial charge in [0.05, 0.1) is 0 Å². The molecule has 0 saturated heterocycles. The lowest BCUT2D eigenvalue weighted by atomic mass is 10.3. The summed E-state index contributed by atoms with van der Waals surface area (Å²) in [6.45, 7) is -0.724. The molecule has 0 bridgehead atoms. The second-order valence-corrected chi connectivity index (χ2v) is 1.80. The molecule has 0 spiro atoms. The number of ether oxygens (including phenoxy) is 2. The normalized spacial score (nSPS) is 20.1. The maximum atomic E-state index is 9.05. The fourth-order valence-corrected chi connectivity index (χ4v) is 0.428. The Balaban J connectivity index is 4.02. The molecule has 0 radical (unpaired) electrons. The summed E-state index contributed by atoms with van der Waals surface area (Å²) in [5.74, 6) is -2.02. The SMILES string of the molecule is COC(O)C(O)(CO)OC. The van der Waals surface area contributed by atoms with E-state index in [-0.39, 0.29) is 0 Å². The first-order valence-electron chi connectivity index (χ1n) is 2.70. The Morgan fingerprint density at radius 3 is 2.10 bits per heavy atom. The molecule has 0 fully saturated rings. The molecule has 0 aromatic heterocycles. The van der Waals surface area contributed by atoms with Crippen LogP contribution in [0.4, 0.5) is 0 Å². The van der Waals surface area contributed by atoms with E-state index in [4.69, 9.17) is 15.3 Å². The largest absolute Gasteiger partial charge is 0.391 e. The van der Waals surface area contributed by atoms with Gasteiger partial charge in [-0.1, -0.05) is 0 Å². The van der Waals surface area contributed by atoms with Crippen molar-refractivity contribution in [2.45, 2.75) is 12.1 Å². The molecule has 0 aliphatic rings. The van der Waals surface area contributed by atoms with Crippen molar-refractivity contribution >= 4 is 0 Å². The molecule has 0 aliphatic heterocycles. The Hall–Kier alpha value is -0.200. The second-order valence-electron chi connectivity index (χ2n) is 1.80. The van der Waals surface area contributed by atoms with Crippen LogP contribution in [0.15, 0.2) is 0 Å². The molecular formula is C5H12O5. The lowest BCUT2D eigenvalue weighted by molar-refractivity contribution is -0.320. The van der Waals surface area contributed by atoms with Crippen molar-refractivity contribution < 1.29 is 24.8 Å². The Bertz CT molecular complexity index is 90.0. The van der Waals surface area contributed by atoms with Gasteiger partial charge in [0.1, 0.15) is 6.61 Å². The van der Waals surface area contributed by atoms with E-state index in [1.54, 1.807) is 0 Å². The van der Waals surface area contributed by atoms with E-state index in [1.165, 1.54) is 7.11 Å². The third kappa shape index (κ3) is 1.89. The highest BCUT2D eigenvalue weighted by Gasteiger charge is 2.35. The summed E-state index contributed by atoms with van der Waals surface area (Å²) in [6.07, 6.45) is -1.54. The second kappa shape index (κ2) is 3.85. The Labute approximate surface area is 58.8 Å². The molecule has 0 aromatic carbocycles. The van der Waals surface area contributed by atoms with Crippen molar-refractivity contribution in [3.8, 4) is 0 Å². The van der Waals surface area contributed by atoms with E-state index >= 15 is 0 Å². The average molecular weight is 152 g/mol. The minimum atomic E-state index is -2.02. The zero-order valence-electron chi connectivity index (χ0n) is 5.94. The number of aliphatic hydroxyl groups is 3. The Morgan fingerprint density at radius 2 is 2.00 bits per heavy atom. The van der Waals surface area contributed by atoms with E-state index in [1.807, 2.05) is 0 Å². The number of hydrogen-bond acceptors (Lipinski definition) is 5. The quantitative estimate of drug-likeness (QED) is 0.417. The molecule has 0 aromatic rings. The third-order valence-corrected chi connectivity index (χ3v) is 1.19. The summed E-state index contributed by atoms with van der Waals surface area (Å²) in [5, 5.41) is 26.3. The zero-order chi connectivity index (χ0) is 8.20. The summed E-state index contributed by atoms with van der Waals surface area (Å²) in [5.41, 5.74) is 0. The first-order chi connectivity index (χ1) is 4.60. The summed E-state index contributed by atoms with van der Waals surface area (Å²) < 4.78 is 8.69. The Morgan fingerprint density at radius 1 is 1.50 bits per heavy atom. The van der Waals surface area contributed by atoms with Gasteiger partial charge in [0.25, 0.3) is 0 Å². The molecular weight excluding hydrogens is 140 g/mol. The first kappa shape index (κ1) is 9.80. The fourth-order valence-electron chi connectivity index (χ4n) is 0.428. The molecule has 2 atom stereocenters. The van der Waals surface area contributed by atoms with Crippen LogP contribution in [0.2, 0.25) is 0 Å². The standard InChI is InChI=1S/C5H12O5/c1-9-4(7)5(8,3-6)10-2/h4,6-8H,3H2,1-2H3. The molecule has 3 N–H and O–H groups in total. The average Bonchev–Trinajstić information content (AvgIpc) is 2.01. The minimum Gasteiger partial charge on any atom is -0.391 e. The monoisotopic (exact) mass is 152 g/mol. The van der Waals surface area contributed by atoms with Crippen molar-refractivity contribution in [3.63, 3.8) is 0 Å². The molecule has 0 heterocycles. The van der Waals surface area contributed by atoms with Gasteiger partial charge < -0.3 is 24.8 Å². The van der Waals surface area contributed by atoms with Crippen LogP contribution >= 0.6 is 0 Å². The van der Waals surface area contributed by atoms with Gasteiger partial charge in [-0.15, -0.1) is 0 Å². The van der Waals surface area contributed by atoms with Crippen LogP contribution in [0.5, 0.6) is 0 Å². The van der Waals surface area contributed by atoms with Crippen LogP contribution in [0.1, 0.15) is 0 Å². The predicted octanol–water partition coefficient (Wildman–Crippen LogP) is -1.72. The zero-order valence-corrected chi connectivity index (χ0v) is 5.94. The maximum Gasteiger partial charge on any atom is 0.241 e. The van der Waals surface area contributed by atoms with Gasteiger partial charge in [-0.05, 0) is 0 Å². The molecule has 0 aliphatic carbocycles. The summed E-state index contributed by atoms with van der Waals surface area (Å²) in [4.78, 5) is 0. The fraction of sp³-hybridized carbons (Fsp3) is 1.00. The maximum absolute atomic E-state index is 9.05. The van der Waals surface area contributed by atoms with Gasteiger partial charge in [0.15, 0.2) is 0 Å². The molecule has 10 heavy (non-hydrogen) atoms. The smallest absolute Gasteiger partial charge is 0.241 e. The lowest BCUT2D eigenvalue weighted by Gasteiger charge is -2.27. The van der Waals surface area contributed by atoms with E-state index in [0.717, 1.165) is 7.11 Å². The first-order valence-corrected chi connectivity index (χ1v) is 2.70. The van der Waals surface area contributed by atoms with Gasteiger partial charge in [0.2, 0.25) is 12.1 Å². The molecule has 2 unspecified atom stereocenters. The topological polar surface area (TPSA) is 79.2 Å². The number of hydrogen-bond donors (Lipinski definition) is 3. The van der Waals surface area contributed by atoms with E-state index in [0.29, 0.717) is 0 Å². The number of methoxy groups -OCH3 is 2. The highest BCUT2D eigenvalue weighted by atomic mass is 16.7. The summed E-state index contributed by atoms with van der Waals surface area (Å²) in [7, 11) is 2.34. The molecule has 0 rings (SSSR count).